The minimum Gasteiger partial charge on any atom is -0.387 e. The quantitative estimate of drug-likeness (QED) is 0.850. The van der Waals surface area contributed by atoms with Crippen molar-refractivity contribution in [2.75, 3.05) is 20.3 Å². The molecule has 0 spiro atoms. The van der Waals surface area contributed by atoms with Gasteiger partial charge < -0.3 is 15.2 Å². The van der Waals surface area contributed by atoms with Crippen molar-refractivity contribution in [3.8, 4) is 0 Å². The Hall–Kier alpha value is -1.42. The van der Waals surface area contributed by atoms with Gasteiger partial charge in [0.05, 0.1) is 12.7 Å². The number of methoxy groups -OCH3 is 1. The lowest BCUT2D eigenvalue weighted by Gasteiger charge is -2.27. The second-order valence-electron chi connectivity index (χ2n) is 5.82. The highest BCUT2D eigenvalue weighted by Crippen LogP contribution is 2.20. The van der Waals surface area contributed by atoms with Gasteiger partial charge in [0.1, 0.15) is 0 Å². The molecule has 1 unspecified atom stereocenters. The zero-order valence-corrected chi connectivity index (χ0v) is 12.4. The zero-order chi connectivity index (χ0) is 14.6. The lowest BCUT2D eigenvalue weighted by molar-refractivity contribution is 0.107. The van der Waals surface area contributed by atoms with Gasteiger partial charge in [-0.05, 0) is 36.2 Å². The largest absolute Gasteiger partial charge is 0.387 e. The van der Waals surface area contributed by atoms with Gasteiger partial charge in [0.2, 0.25) is 0 Å². The molecule has 0 aliphatic carbocycles. The highest BCUT2D eigenvalue weighted by Gasteiger charge is 2.18. The molecule has 3 heteroatoms. The molecule has 20 heavy (non-hydrogen) atoms. The van der Waals surface area contributed by atoms with Gasteiger partial charge >= 0.3 is 0 Å². The van der Waals surface area contributed by atoms with E-state index in [9.17, 15) is 5.11 Å². The van der Waals surface area contributed by atoms with Gasteiger partial charge in [-0.15, -0.1) is 0 Å². The van der Waals surface area contributed by atoms with E-state index in [1.807, 2.05) is 30.3 Å². The minimum absolute atomic E-state index is 0.146. The van der Waals surface area contributed by atoms with E-state index < -0.39 is 6.10 Å². The van der Waals surface area contributed by atoms with Gasteiger partial charge in [-0.25, -0.2) is 0 Å². The Morgan fingerprint density at radius 1 is 1.15 bits per heavy atom. The van der Waals surface area contributed by atoms with E-state index in [1.165, 1.54) is 5.39 Å². The molecule has 0 aliphatic rings. The monoisotopic (exact) mass is 273 g/mol. The highest BCUT2D eigenvalue weighted by molar-refractivity contribution is 5.83. The number of aliphatic hydroxyl groups is 1. The Balaban J connectivity index is 2.05. The fourth-order valence-electron chi connectivity index (χ4n) is 2.32. The summed E-state index contributed by atoms with van der Waals surface area (Å²) in [7, 11) is 1.68. The molecule has 0 aliphatic heterocycles. The number of aliphatic hydroxyl groups excluding tert-OH is 1. The van der Waals surface area contributed by atoms with E-state index in [0.29, 0.717) is 13.2 Å². The minimum atomic E-state index is -0.518. The van der Waals surface area contributed by atoms with Crippen molar-refractivity contribution in [2.45, 2.75) is 25.5 Å². The summed E-state index contributed by atoms with van der Waals surface area (Å²) in [6, 6.07) is 14.3. The summed E-state index contributed by atoms with van der Waals surface area (Å²) in [6.45, 7) is 5.24. The van der Waals surface area contributed by atoms with Gasteiger partial charge in [0.25, 0.3) is 0 Å². The van der Waals surface area contributed by atoms with E-state index in [2.05, 4.69) is 31.3 Å². The van der Waals surface area contributed by atoms with Crippen molar-refractivity contribution in [3.63, 3.8) is 0 Å². The van der Waals surface area contributed by atoms with Crippen LogP contribution >= 0.6 is 0 Å². The van der Waals surface area contributed by atoms with Crippen molar-refractivity contribution < 1.29 is 9.84 Å². The maximum absolute atomic E-state index is 10.3. The Bertz CT molecular complexity index is 566. The van der Waals surface area contributed by atoms with Crippen LogP contribution in [0.4, 0.5) is 0 Å². The first kappa shape index (κ1) is 15.0. The number of rotatable bonds is 6. The molecule has 108 valence electrons. The van der Waals surface area contributed by atoms with Gasteiger partial charge in [-0.2, -0.15) is 0 Å². The van der Waals surface area contributed by atoms with Crippen LogP contribution in [-0.4, -0.2) is 30.9 Å². The fourth-order valence-corrected chi connectivity index (χ4v) is 2.32. The molecule has 1 atom stereocenters. The number of benzene rings is 2. The Kier molecular flexibility index (Phi) is 4.76. The molecule has 2 rings (SSSR count). The molecule has 0 heterocycles. The SMILES string of the molecule is COCC(C)(C)NCC(O)c1ccc2ccccc2c1. The van der Waals surface area contributed by atoms with Crippen LogP contribution in [0.15, 0.2) is 42.5 Å². The standard InChI is InChI=1S/C17H23NO2/c1-17(2,12-20-3)18-11-16(19)15-9-8-13-6-4-5-7-14(13)10-15/h4-10,16,18-19H,11-12H2,1-3H3. The topological polar surface area (TPSA) is 41.5 Å². The summed E-state index contributed by atoms with van der Waals surface area (Å²) in [5, 5.41) is 16.0. The molecule has 3 nitrogen and oxygen atoms in total. The first-order valence-electron chi connectivity index (χ1n) is 6.92. The van der Waals surface area contributed by atoms with E-state index in [1.54, 1.807) is 7.11 Å². The number of hydrogen-bond acceptors (Lipinski definition) is 3. The highest BCUT2D eigenvalue weighted by atomic mass is 16.5. The smallest absolute Gasteiger partial charge is 0.0914 e. The van der Waals surface area contributed by atoms with Crippen molar-refractivity contribution in [1.82, 2.24) is 5.32 Å². The van der Waals surface area contributed by atoms with Crippen LogP contribution in [0.25, 0.3) is 10.8 Å². The van der Waals surface area contributed by atoms with Crippen LogP contribution in [0, 0.1) is 0 Å². The zero-order valence-electron chi connectivity index (χ0n) is 12.4. The average Bonchev–Trinajstić information content (AvgIpc) is 2.44. The Morgan fingerprint density at radius 2 is 1.85 bits per heavy atom. The third kappa shape index (κ3) is 3.79. The molecule has 0 aromatic heterocycles. The second-order valence-corrected chi connectivity index (χ2v) is 5.82. The first-order valence-corrected chi connectivity index (χ1v) is 6.92. The molecule has 2 aromatic rings. The lowest BCUT2D eigenvalue weighted by atomic mass is 10.0. The third-order valence-corrected chi connectivity index (χ3v) is 3.44. The van der Waals surface area contributed by atoms with E-state index in [-0.39, 0.29) is 5.54 Å². The Morgan fingerprint density at radius 3 is 2.55 bits per heavy atom. The second kappa shape index (κ2) is 6.35. The van der Waals surface area contributed by atoms with E-state index in [4.69, 9.17) is 4.74 Å². The van der Waals surface area contributed by atoms with Crippen LogP contribution in [0.2, 0.25) is 0 Å². The maximum Gasteiger partial charge on any atom is 0.0914 e. The summed E-state index contributed by atoms with van der Waals surface area (Å²) in [4.78, 5) is 0. The van der Waals surface area contributed by atoms with Crippen molar-refractivity contribution in [2.24, 2.45) is 0 Å². The molecule has 0 saturated carbocycles. The van der Waals surface area contributed by atoms with Crippen molar-refractivity contribution in [3.05, 3.63) is 48.0 Å². The number of β-amino-alcohol motifs (C(OH)–C–C–N with tert-alkyl or cyclic N) is 1. The predicted molar refractivity (Wildman–Crippen MR) is 82.9 cm³/mol. The van der Waals surface area contributed by atoms with Gasteiger partial charge in [0, 0.05) is 19.2 Å². The van der Waals surface area contributed by atoms with Gasteiger partial charge in [-0.3, -0.25) is 0 Å². The molecule has 2 N–H and O–H groups in total. The molecule has 0 fully saturated rings. The summed E-state index contributed by atoms with van der Waals surface area (Å²) in [5.74, 6) is 0. The van der Waals surface area contributed by atoms with Crippen LogP contribution in [0.3, 0.4) is 0 Å². The molecular formula is C17H23NO2. The van der Waals surface area contributed by atoms with Crippen molar-refractivity contribution in [1.29, 1.82) is 0 Å². The lowest BCUT2D eigenvalue weighted by Crippen LogP contribution is -2.45. The van der Waals surface area contributed by atoms with E-state index >= 15 is 0 Å². The number of hydrogen-bond donors (Lipinski definition) is 2. The number of ether oxygens (including phenoxy) is 1. The van der Waals surface area contributed by atoms with Gasteiger partial charge in [-0.1, -0.05) is 36.4 Å². The normalized spacial score (nSPS) is 13.6. The summed E-state index contributed by atoms with van der Waals surface area (Å²) >= 11 is 0. The van der Waals surface area contributed by atoms with Crippen LogP contribution in [0.1, 0.15) is 25.5 Å². The fraction of sp³-hybridized carbons (Fsp3) is 0.412. The van der Waals surface area contributed by atoms with Crippen molar-refractivity contribution >= 4 is 10.8 Å². The molecule has 2 aromatic carbocycles. The molecule has 0 saturated heterocycles. The molecule has 0 amide bonds. The van der Waals surface area contributed by atoms with E-state index in [0.717, 1.165) is 10.9 Å². The summed E-state index contributed by atoms with van der Waals surface area (Å²) in [6.07, 6.45) is -0.518. The van der Waals surface area contributed by atoms with Gasteiger partial charge in [0.15, 0.2) is 0 Å². The van der Waals surface area contributed by atoms with Crippen LogP contribution < -0.4 is 5.32 Å². The van der Waals surface area contributed by atoms with Crippen LogP contribution in [0.5, 0.6) is 0 Å². The predicted octanol–water partition coefficient (Wildman–Crippen LogP) is 2.89. The molecular weight excluding hydrogens is 250 g/mol. The average molecular weight is 273 g/mol. The summed E-state index contributed by atoms with van der Waals surface area (Å²) < 4.78 is 5.16. The third-order valence-electron chi connectivity index (χ3n) is 3.44. The molecule has 0 bridgehead atoms. The van der Waals surface area contributed by atoms with Crippen LogP contribution in [-0.2, 0) is 4.74 Å². The summed E-state index contributed by atoms with van der Waals surface area (Å²) in [5.41, 5.74) is 0.788. The first-order chi connectivity index (χ1) is 9.52. The number of fused-ring (bicyclic) bond motifs is 1. The molecule has 0 radical (unpaired) electrons. The maximum atomic E-state index is 10.3. The Labute approximate surface area is 120 Å². The number of nitrogens with one attached hydrogen (secondary N) is 1.